The number of hydrogen-bond acceptors (Lipinski definition) is 29. The summed E-state index contributed by atoms with van der Waals surface area (Å²) in [6.07, 6.45) is 3.40. The van der Waals surface area contributed by atoms with Crippen molar-refractivity contribution in [2.45, 2.75) is 25.7 Å². The highest BCUT2D eigenvalue weighted by Gasteiger charge is 2.02. The van der Waals surface area contributed by atoms with Gasteiger partial charge >= 0.3 is 5.97 Å². The van der Waals surface area contributed by atoms with E-state index >= 15 is 0 Å². The smallest absolute Gasteiger partial charge is 0.305 e. The van der Waals surface area contributed by atoms with Gasteiger partial charge < -0.3 is 139 Å². The van der Waals surface area contributed by atoms with Crippen molar-refractivity contribution < 1.29 is 128 Å². The second-order valence-electron chi connectivity index (χ2n) is 19.1. The van der Waals surface area contributed by atoms with Crippen LogP contribution in [-0.2, 0) is 123 Å². The van der Waals surface area contributed by atoms with Crippen LogP contribution in [0.1, 0.15) is 25.7 Å². The van der Waals surface area contributed by atoms with Crippen LogP contribution >= 0.6 is 0 Å². The zero-order chi connectivity index (χ0) is 65.1. The number of carbonyl (C=O) groups is 1. The number of carboxylic acids is 1. The Kier molecular flexibility index (Phi) is 84.8. The fourth-order valence-corrected chi connectivity index (χ4v) is 6.82. The molecule has 0 aliphatic rings. The van der Waals surface area contributed by atoms with E-state index in [1.54, 1.807) is 0 Å². The SMILES string of the molecule is CNCCCCNCCNCCCOCCOCCOCCOCCOCCOCCOCCOCCOCCOCCOCCOCCOCCOCCOCCOCCOCCOCCOCCOCCOCCOCCOCCOCCOCCC(=O)O. The molecule has 0 aromatic heterocycles. The molecular formula is C61H125N3O27. The van der Waals surface area contributed by atoms with Gasteiger partial charge in [-0.1, -0.05) is 0 Å². The predicted octanol–water partition coefficient (Wildman–Crippen LogP) is 0.445. The number of nitrogens with one attached hydrogen (secondary N) is 3. The molecule has 0 aliphatic carbocycles. The number of carboxylic acid groups (broad SMARTS) is 1. The molecule has 91 heavy (non-hydrogen) atoms. The second kappa shape index (κ2) is 86.4. The molecule has 30 heteroatoms. The normalized spacial score (nSPS) is 11.7. The lowest BCUT2D eigenvalue weighted by Crippen LogP contribution is -2.29. The number of unbranched alkanes of at least 4 members (excludes halogenated alkanes) is 1. The molecule has 0 saturated heterocycles. The fourth-order valence-electron chi connectivity index (χ4n) is 6.82. The highest BCUT2D eigenvalue weighted by Crippen LogP contribution is 1.93. The number of rotatable bonds is 87. The minimum Gasteiger partial charge on any atom is -0.481 e. The van der Waals surface area contributed by atoms with Gasteiger partial charge in [0.2, 0.25) is 0 Å². The van der Waals surface area contributed by atoms with Crippen molar-refractivity contribution in [3.63, 3.8) is 0 Å². The lowest BCUT2D eigenvalue weighted by Gasteiger charge is -2.09. The molecule has 0 aromatic carbocycles. The summed E-state index contributed by atoms with van der Waals surface area (Å²) in [5.41, 5.74) is 0. The molecule has 0 atom stereocenters. The third-order valence-electron chi connectivity index (χ3n) is 11.5. The molecule has 0 fully saturated rings. The summed E-state index contributed by atoms with van der Waals surface area (Å²) in [6, 6.07) is 0. The summed E-state index contributed by atoms with van der Waals surface area (Å²) in [5, 5.41) is 18.6. The van der Waals surface area contributed by atoms with Crippen LogP contribution in [0, 0.1) is 0 Å². The van der Waals surface area contributed by atoms with Crippen LogP contribution in [-0.4, -0.2) is 381 Å². The quantitative estimate of drug-likeness (QED) is 0.0601. The molecule has 30 nitrogen and oxygen atoms in total. The minimum absolute atomic E-state index is 0.0101. The van der Waals surface area contributed by atoms with Crippen LogP contribution in [0.25, 0.3) is 0 Å². The highest BCUT2D eigenvalue weighted by molar-refractivity contribution is 5.66. The third kappa shape index (κ3) is 88.3. The number of ether oxygens (including phenoxy) is 25. The van der Waals surface area contributed by atoms with E-state index in [4.69, 9.17) is 124 Å². The van der Waals surface area contributed by atoms with Crippen molar-refractivity contribution in [3.05, 3.63) is 0 Å². The van der Waals surface area contributed by atoms with Gasteiger partial charge in [0.15, 0.2) is 0 Å². The van der Waals surface area contributed by atoms with Gasteiger partial charge in [0.1, 0.15) is 0 Å². The molecule has 0 saturated carbocycles. The van der Waals surface area contributed by atoms with Crippen LogP contribution in [0.4, 0.5) is 0 Å². The predicted molar refractivity (Wildman–Crippen MR) is 336 cm³/mol. The van der Waals surface area contributed by atoms with E-state index in [-0.39, 0.29) is 13.0 Å². The Morgan fingerprint density at radius 1 is 0.198 bits per heavy atom. The van der Waals surface area contributed by atoms with Crippen molar-refractivity contribution in [1.29, 1.82) is 0 Å². The zero-order valence-corrected chi connectivity index (χ0v) is 55.8. The first-order chi connectivity index (χ1) is 45.3. The van der Waals surface area contributed by atoms with E-state index in [0.717, 1.165) is 45.8 Å². The molecule has 0 rings (SSSR count). The Morgan fingerprint density at radius 2 is 0.341 bits per heavy atom. The van der Waals surface area contributed by atoms with Crippen LogP contribution in [0.2, 0.25) is 0 Å². The molecule has 4 N–H and O–H groups in total. The van der Waals surface area contributed by atoms with E-state index in [1.807, 2.05) is 7.05 Å². The molecule has 0 spiro atoms. The van der Waals surface area contributed by atoms with Crippen LogP contribution in [0.5, 0.6) is 0 Å². The molecule has 0 amide bonds. The van der Waals surface area contributed by atoms with Gasteiger partial charge in [-0.2, -0.15) is 0 Å². The molecule has 0 heterocycles. The maximum Gasteiger partial charge on any atom is 0.305 e. The molecule has 0 radical (unpaired) electrons. The van der Waals surface area contributed by atoms with Crippen LogP contribution in [0.15, 0.2) is 0 Å². The number of hydrogen-bond donors (Lipinski definition) is 4. The lowest BCUT2D eigenvalue weighted by atomic mass is 10.3. The van der Waals surface area contributed by atoms with Gasteiger partial charge in [-0.15, -0.1) is 0 Å². The van der Waals surface area contributed by atoms with Crippen molar-refractivity contribution in [3.8, 4) is 0 Å². The Balaban J connectivity index is 3.09. The van der Waals surface area contributed by atoms with Crippen LogP contribution in [0.3, 0.4) is 0 Å². The maximum atomic E-state index is 10.4. The van der Waals surface area contributed by atoms with E-state index in [9.17, 15) is 4.79 Å². The fraction of sp³-hybridized carbons (Fsp3) is 0.984. The van der Waals surface area contributed by atoms with E-state index < -0.39 is 5.97 Å². The van der Waals surface area contributed by atoms with Crippen molar-refractivity contribution >= 4 is 5.97 Å². The topological polar surface area (TPSA) is 304 Å². The second-order valence-corrected chi connectivity index (χ2v) is 19.1. The van der Waals surface area contributed by atoms with E-state index in [1.165, 1.54) is 12.8 Å². The standard InChI is InChI=1S/C61H125N3O27/c1-62-6-2-3-7-63-9-10-64-8-4-11-67-13-15-69-17-19-71-21-23-73-25-27-75-29-31-77-33-35-79-37-39-81-41-43-83-45-47-85-49-51-87-53-55-89-57-59-91-60-58-90-56-54-88-52-50-86-48-46-84-44-42-82-40-38-80-36-34-78-32-30-76-28-26-74-24-22-72-20-18-70-16-14-68-12-5-61(65)66/h62-64H,2-60H2,1H3,(H,65,66). The summed E-state index contributed by atoms with van der Waals surface area (Å²) in [4.78, 5) is 10.4. The Morgan fingerprint density at radius 3 is 0.505 bits per heavy atom. The first kappa shape index (κ1) is 89.3. The summed E-state index contributed by atoms with van der Waals surface area (Å²) in [5.74, 6) is -0.880. The summed E-state index contributed by atoms with van der Waals surface area (Å²) in [7, 11) is 1.99. The van der Waals surface area contributed by atoms with Crippen LogP contribution < -0.4 is 16.0 Å². The van der Waals surface area contributed by atoms with E-state index in [2.05, 4.69) is 16.0 Å². The summed E-state index contributed by atoms with van der Waals surface area (Å²) < 4.78 is 137. The monoisotopic (exact) mass is 1330 g/mol. The minimum atomic E-state index is -0.880. The van der Waals surface area contributed by atoms with Crippen molar-refractivity contribution in [2.24, 2.45) is 0 Å². The van der Waals surface area contributed by atoms with Gasteiger partial charge in [-0.05, 0) is 45.9 Å². The molecule has 0 aliphatic heterocycles. The largest absolute Gasteiger partial charge is 0.481 e. The average molecular weight is 1330 g/mol. The first-order valence-electron chi connectivity index (χ1n) is 33.0. The molecule has 0 aromatic rings. The average Bonchev–Trinajstić information content (AvgIpc) is 3.55. The molecular weight excluding hydrogens is 1210 g/mol. The van der Waals surface area contributed by atoms with Gasteiger partial charge in [0.05, 0.1) is 330 Å². The molecule has 0 bridgehead atoms. The maximum absolute atomic E-state index is 10.4. The Labute approximate surface area is 544 Å². The van der Waals surface area contributed by atoms with Crippen molar-refractivity contribution in [1.82, 2.24) is 16.0 Å². The van der Waals surface area contributed by atoms with E-state index in [0.29, 0.717) is 317 Å². The third-order valence-corrected chi connectivity index (χ3v) is 11.5. The molecule has 546 valence electrons. The van der Waals surface area contributed by atoms with Gasteiger partial charge in [0, 0.05) is 19.7 Å². The van der Waals surface area contributed by atoms with Crippen molar-refractivity contribution in [2.75, 3.05) is 370 Å². The summed E-state index contributed by atoms with van der Waals surface area (Å²) in [6.45, 7) is 29.2. The Hall–Kier alpha value is -1.65. The highest BCUT2D eigenvalue weighted by atomic mass is 16.6. The lowest BCUT2D eigenvalue weighted by molar-refractivity contribution is -0.138. The van der Waals surface area contributed by atoms with Gasteiger partial charge in [0.25, 0.3) is 0 Å². The van der Waals surface area contributed by atoms with Gasteiger partial charge in [-0.25, -0.2) is 0 Å². The number of aliphatic carboxylic acids is 1. The van der Waals surface area contributed by atoms with Gasteiger partial charge in [-0.3, -0.25) is 4.79 Å². The zero-order valence-electron chi connectivity index (χ0n) is 55.8. The molecule has 0 unspecified atom stereocenters. The first-order valence-corrected chi connectivity index (χ1v) is 33.0. The Bertz CT molecular complexity index is 1310. The summed E-state index contributed by atoms with van der Waals surface area (Å²) >= 11 is 0.